The summed E-state index contributed by atoms with van der Waals surface area (Å²) in [6.07, 6.45) is 2.56. The average Bonchev–Trinajstić information content (AvgIpc) is 2.74. The van der Waals surface area contributed by atoms with Crippen LogP contribution < -0.4 is 5.32 Å². The number of hydrogen-bond donors (Lipinski definition) is 1. The summed E-state index contributed by atoms with van der Waals surface area (Å²) in [6, 6.07) is 17.6. The number of hydrogen-bond acceptors (Lipinski definition) is 3. The molecule has 29 heavy (non-hydrogen) atoms. The first-order valence-corrected chi connectivity index (χ1v) is 11.3. The van der Waals surface area contributed by atoms with Crippen molar-refractivity contribution in [2.24, 2.45) is 0 Å². The van der Waals surface area contributed by atoms with Gasteiger partial charge in [0.1, 0.15) is 6.04 Å². The lowest BCUT2D eigenvalue weighted by Gasteiger charge is -2.30. The van der Waals surface area contributed by atoms with Crippen LogP contribution in [0.5, 0.6) is 0 Å². The third kappa shape index (κ3) is 7.58. The fraction of sp³-hybridized carbons (Fsp3) is 0.417. The van der Waals surface area contributed by atoms with Crippen molar-refractivity contribution in [2.75, 3.05) is 12.3 Å². The second-order valence-corrected chi connectivity index (χ2v) is 8.23. The molecule has 5 heteroatoms. The molecule has 0 aliphatic heterocycles. The largest absolute Gasteiger partial charge is 0.354 e. The number of nitrogens with zero attached hydrogens (tertiary/aromatic N) is 1. The van der Waals surface area contributed by atoms with Gasteiger partial charge in [0.25, 0.3) is 0 Å². The minimum absolute atomic E-state index is 0.0167. The number of nitrogens with one attached hydrogen (secondary N) is 1. The summed E-state index contributed by atoms with van der Waals surface area (Å²) in [7, 11) is 0. The predicted octanol–water partition coefficient (Wildman–Crippen LogP) is 4.81. The van der Waals surface area contributed by atoms with E-state index in [1.165, 1.54) is 17.3 Å². The molecule has 0 saturated carbocycles. The highest BCUT2D eigenvalue weighted by molar-refractivity contribution is 8.00. The predicted molar refractivity (Wildman–Crippen MR) is 121 cm³/mol. The van der Waals surface area contributed by atoms with Crippen molar-refractivity contribution in [1.82, 2.24) is 10.2 Å². The standard InChI is InChI=1S/C24H32N2O2S/c1-4-6-16-25-24(28)22(5-2)26(17-20-10-8-7-9-11-20)23(27)18-29-21-14-12-19(3)13-15-21/h7-15,22H,4-6,16-18H2,1-3H3,(H,25,28)/t22-/m0/s1. The Morgan fingerprint density at radius 3 is 2.34 bits per heavy atom. The number of carbonyl (C=O) groups excluding carboxylic acids is 2. The summed E-state index contributed by atoms with van der Waals surface area (Å²) in [6.45, 7) is 7.19. The summed E-state index contributed by atoms with van der Waals surface area (Å²) in [4.78, 5) is 28.7. The van der Waals surface area contributed by atoms with Gasteiger partial charge in [-0.3, -0.25) is 9.59 Å². The maximum absolute atomic E-state index is 13.1. The van der Waals surface area contributed by atoms with E-state index in [1.54, 1.807) is 4.90 Å². The molecule has 2 rings (SSSR count). The Morgan fingerprint density at radius 2 is 1.72 bits per heavy atom. The van der Waals surface area contributed by atoms with E-state index in [0.717, 1.165) is 23.3 Å². The molecule has 156 valence electrons. The number of benzene rings is 2. The highest BCUT2D eigenvalue weighted by Gasteiger charge is 2.28. The van der Waals surface area contributed by atoms with Gasteiger partial charge in [0, 0.05) is 18.0 Å². The fourth-order valence-electron chi connectivity index (χ4n) is 3.07. The lowest BCUT2D eigenvalue weighted by Crippen LogP contribution is -2.49. The quantitative estimate of drug-likeness (QED) is 0.426. The maximum atomic E-state index is 13.1. The number of unbranched alkanes of at least 4 members (excludes halogenated alkanes) is 1. The van der Waals surface area contributed by atoms with E-state index in [2.05, 4.69) is 12.2 Å². The maximum Gasteiger partial charge on any atom is 0.242 e. The first-order chi connectivity index (χ1) is 14.0. The van der Waals surface area contributed by atoms with Gasteiger partial charge in [0.2, 0.25) is 11.8 Å². The summed E-state index contributed by atoms with van der Waals surface area (Å²) in [5, 5.41) is 3.00. The van der Waals surface area contributed by atoms with E-state index in [1.807, 2.05) is 68.4 Å². The SMILES string of the molecule is CCCCNC(=O)[C@H](CC)N(Cc1ccccc1)C(=O)CSc1ccc(C)cc1. The monoisotopic (exact) mass is 412 g/mol. The Balaban J connectivity index is 2.12. The lowest BCUT2D eigenvalue weighted by atomic mass is 10.1. The Hall–Kier alpha value is -2.27. The third-order valence-corrected chi connectivity index (χ3v) is 5.79. The van der Waals surface area contributed by atoms with E-state index in [9.17, 15) is 9.59 Å². The van der Waals surface area contributed by atoms with Crippen LogP contribution in [0.15, 0.2) is 59.5 Å². The van der Waals surface area contributed by atoms with Gasteiger partial charge in [-0.05, 0) is 37.5 Å². The molecule has 2 aromatic carbocycles. The number of carbonyl (C=O) groups is 2. The van der Waals surface area contributed by atoms with Gasteiger partial charge in [-0.15, -0.1) is 11.8 Å². The number of amides is 2. The van der Waals surface area contributed by atoms with E-state index in [0.29, 0.717) is 25.3 Å². The molecule has 0 aliphatic rings. The zero-order valence-corrected chi connectivity index (χ0v) is 18.5. The molecule has 2 aromatic rings. The number of aryl methyl sites for hydroxylation is 1. The molecule has 1 N–H and O–H groups in total. The van der Waals surface area contributed by atoms with Crippen molar-refractivity contribution in [3.8, 4) is 0 Å². The number of rotatable bonds is 11. The molecule has 4 nitrogen and oxygen atoms in total. The van der Waals surface area contributed by atoms with Crippen molar-refractivity contribution in [3.63, 3.8) is 0 Å². The molecule has 0 heterocycles. The van der Waals surface area contributed by atoms with Crippen LogP contribution in [-0.2, 0) is 16.1 Å². The van der Waals surface area contributed by atoms with Gasteiger partial charge in [0.15, 0.2) is 0 Å². The first-order valence-electron chi connectivity index (χ1n) is 10.4. The van der Waals surface area contributed by atoms with Gasteiger partial charge < -0.3 is 10.2 Å². The van der Waals surface area contributed by atoms with Gasteiger partial charge >= 0.3 is 0 Å². The van der Waals surface area contributed by atoms with Gasteiger partial charge in [-0.2, -0.15) is 0 Å². The fourth-order valence-corrected chi connectivity index (χ4v) is 3.85. The van der Waals surface area contributed by atoms with Crippen LogP contribution >= 0.6 is 11.8 Å². The van der Waals surface area contributed by atoms with Crippen LogP contribution in [0.2, 0.25) is 0 Å². The summed E-state index contributed by atoms with van der Waals surface area (Å²) >= 11 is 1.51. The topological polar surface area (TPSA) is 49.4 Å². The Bertz CT molecular complexity index is 762. The molecular formula is C24H32N2O2S. The van der Waals surface area contributed by atoms with Crippen LogP contribution in [0.25, 0.3) is 0 Å². The molecule has 0 aliphatic carbocycles. The molecule has 0 unspecified atom stereocenters. The highest BCUT2D eigenvalue weighted by atomic mass is 32.2. The third-order valence-electron chi connectivity index (χ3n) is 4.79. The molecule has 2 amide bonds. The van der Waals surface area contributed by atoms with Crippen molar-refractivity contribution in [1.29, 1.82) is 0 Å². The molecule has 0 bridgehead atoms. The summed E-state index contributed by atoms with van der Waals surface area (Å²) < 4.78 is 0. The molecule has 1 atom stereocenters. The Kier molecular flexibility index (Phi) is 9.78. The van der Waals surface area contributed by atoms with Gasteiger partial charge in [-0.25, -0.2) is 0 Å². The molecule has 0 saturated heterocycles. The zero-order valence-electron chi connectivity index (χ0n) is 17.7. The Morgan fingerprint density at radius 1 is 1.03 bits per heavy atom. The van der Waals surface area contributed by atoms with Crippen LogP contribution in [0.3, 0.4) is 0 Å². The number of thioether (sulfide) groups is 1. The van der Waals surface area contributed by atoms with E-state index in [-0.39, 0.29) is 11.8 Å². The minimum Gasteiger partial charge on any atom is -0.354 e. The molecular weight excluding hydrogens is 380 g/mol. The second-order valence-electron chi connectivity index (χ2n) is 7.18. The zero-order chi connectivity index (χ0) is 21.1. The summed E-state index contributed by atoms with van der Waals surface area (Å²) in [5.41, 5.74) is 2.22. The smallest absolute Gasteiger partial charge is 0.242 e. The van der Waals surface area contributed by atoms with Crippen molar-refractivity contribution in [2.45, 2.75) is 57.5 Å². The first kappa shape index (κ1) is 23.0. The van der Waals surface area contributed by atoms with Crippen LogP contribution in [0.1, 0.15) is 44.2 Å². The van der Waals surface area contributed by atoms with Gasteiger partial charge in [-0.1, -0.05) is 68.3 Å². The van der Waals surface area contributed by atoms with Crippen LogP contribution in [-0.4, -0.2) is 35.1 Å². The average molecular weight is 413 g/mol. The minimum atomic E-state index is -0.460. The molecule has 0 fully saturated rings. The Labute approximate surface area is 179 Å². The molecule has 0 aromatic heterocycles. The molecule has 0 spiro atoms. The van der Waals surface area contributed by atoms with E-state index in [4.69, 9.17) is 0 Å². The molecule has 0 radical (unpaired) electrons. The van der Waals surface area contributed by atoms with Crippen LogP contribution in [0.4, 0.5) is 0 Å². The van der Waals surface area contributed by atoms with E-state index < -0.39 is 6.04 Å². The van der Waals surface area contributed by atoms with Crippen molar-refractivity contribution < 1.29 is 9.59 Å². The van der Waals surface area contributed by atoms with Crippen molar-refractivity contribution >= 4 is 23.6 Å². The second kappa shape index (κ2) is 12.3. The van der Waals surface area contributed by atoms with Gasteiger partial charge in [0.05, 0.1) is 5.75 Å². The lowest BCUT2D eigenvalue weighted by molar-refractivity contribution is -0.139. The summed E-state index contributed by atoms with van der Waals surface area (Å²) in [5.74, 6) is 0.233. The normalized spacial score (nSPS) is 11.7. The highest BCUT2D eigenvalue weighted by Crippen LogP contribution is 2.21. The van der Waals surface area contributed by atoms with Crippen LogP contribution in [0, 0.1) is 6.92 Å². The van der Waals surface area contributed by atoms with Crippen molar-refractivity contribution in [3.05, 3.63) is 65.7 Å². The van der Waals surface area contributed by atoms with E-state index >= 15 is 0 Å².